The summed E-state index contributed by atoms with van der Waals surface area (Å²) in [4.78, 5) is 19.2. The number of carbonyl (C=O) groups excluding carboxylic acids is 1. The number of hydrogen-bond donors (Lipinski definition) is 0. The fourth-order valence-electron chi connectivity index (χ4n) is 3.67. The Morgan fingerprint density at radius 2 is 1.82 bits per heavy atom. The Bertz CT molecular complexity index is 989. The number of aromatic nitrogens is 2. The van der Waals surface area contributed by atoms with Gasteiger partial charge in [-0.25, -0.2) is 4.39 Å². The maximum atomic E-state index is 13.1. The van der Waals surface area contributed by atoms with Crippen molar-refractivity contribution >= 4 is 5.91 Å². The van der Waals surface area contributed by atoms with Crippen molar-refractivity contribution in [3.63, 3.8) is 0 Å². The second-order valence-corrected chi connectivity index (χ2v) is 7.35. The van der Waals surface area contributed by atoms with Crippen LogP contribution in [0.1, 0.15) is 46.1 Å². The predicted octanol–water partition coefficient (Wildman–Crippen LogP) is 4.51. The van der Waals surface area contributed by atoms with Crippen molar-refractivity contribution < 1.29 is 13.7 Å². The summed E-state index contributed by atoms with van der Waals surface area (Å²) in [6.45, 7) is 5.32. The van der Waals surface area contributed by atoms with Crippen LogP contribution in [0.15, 0.2) is 47.0 Å². The summed E-state index contributed by atoms with van der Waals surface area (Å²) < 4.78 is 18.5. The highest BCUT2D eigenvalue weighted by Crippen LogP contribution is 2.29. The summed E-state index contributed by atoms with van der Waals surface area (Å²) >= 11 is 0. The molecule has 1 aliphatic rings. The highest BCUT2D eigenvalue weighted by Gasteiger charge is 2.28. The minimum absolute atomic E-state index is 0.0773. The molecule has 0 saturated carbocycles. The molecule has 1 fully saturated rings. The minimum Gasteiger partial charge on any atom is -0.339 e. The van der Waals surface area contributed by atoms with E-state index in [9.17, 15) is 9.18 Å². The Morgan fingerprint density at radius 1 is 1.11 bits per heavy atom. The molecule has 0 unspecified atom stereocenters. The van der Waals surface area contributed by atoms with Crippen molar-refractivity contribution in [2.24, 2.45) is 0 Å². The molecule has 1 aromatic heterocycles. The van der Waals surface area contributed by atoms with E-state index in [1.54, 1.807) is 12.1 Å². The zero-order valence-electron chi connectivity index (χ0n) is 16.0. The average molecular weight is 379 g/mol. The van der Waals surface area contributed by atoms with E-state index in [4.69, 9.17) is 4.52 Å². The van der Waals surface area contributed by atoms with E-state index >= 15 is 0 Å². The summed E-state index contributed by atoms with van der Waals surface area (Å²) in [6, 6.07) is 11.9. The van der Waals surface area contributed by atoms with Crippen LogP contribution in [0.5, 0.6) is 0 Å². The lowest BCUT2D eigenvalue weighted by molar-refractivity contribution is 0.0704. The molecule has 4 rings (SSSR count). The molecule has 0 bridgehead atoms. The van der Waals surface area contributed by atoms with Gasteiger partial charge in [0.05, 0.1) is 0 Å². The number of piperidine rings is 1. The monoisotopic (exact) mass is 379 g/mol. The molecule has 28 heavy (non-hydrogen) atoms. The molecular weight excluding hydrogens is 357 g/mol. The standard InChI is InChI=1S/C22H22FN3O2/c1-14-3-8-19(15(2)13-14)22(27)26-11-9-17(10-12-26)21-24-20(25-28-21)16-4-6-18(23)7-5-16/h3-8,13,17H,9-12H2,1-2H3. The van der Waals surface area contributed by atoms with Gasteiger partial charge in [0.15, 0.2) is 0 Å². The van der Waals surface area contributed by atoms with E-state index in [0.29, 0.717) is 24.8 Å². The molecule has 2 heterocycles. The summed E-state index contributed by atoms with van der Waals surface area (Å²) in [6.07, 6.45) is 1.56. The fourth-order valence-corrected chi connectivity index (χ4v) is 3.67. The van der Waals surface area contributed by atoms with Crippen molar-refractivity contribution in [2.75, 3.05) is 13.1 Å². The maximum absolute atomic E-state index is 13.1. The third kappa shape index (κ3) is 3.67. The number of rotatable bonds is 3. The van der Waals surface area contributed by atoms with Crippen LogP contribution >= 0.6 is 0 Å². The lowest BCUT2D eigenvalue weighted by atomic mass is 9.95. The van der Waals surface area contributed by atoms with Crippen LogP contribution in [0.25, 0.3) is 11.4 Å². The first-order valence-electron chi connectivity index (χ1n) is 9.47. The lowest BCUT2D eigenvalue weighted by Gasteiger charge is -2.30. The van der Waals surface area contributed by atoms with E-state index in [2.05, 4.69) is 10.1 Å². The Balaban J connectivity index is 1.41. The number of halogens is 1. The molecule has 0 radical (unpaired) electrons. The van der Waals surface area contributed by atoms with E-state index in [-0.39, 0.29) is 17.6 Å². The number of carbonyl (C=O) groups is 1. The molecule has 2 aromatic carbocycles. The van der Waals surface area contributed by atoms with Crippen LogP contribution in [0.2, 0.25) is 0 Å². The predicted molar refractivity (Wildman–Crippen MR) is 103 cm³/mol. The molecule has 6 heteroatoms. The molecule has 0 N–H and O–H groups in total. The molecule has 0 aliphatic carbocycles. The first-order valence-corrected chi connectivity index (χ1v) is 9.47. The fraction of sp³-hybridized carbons (Fsp3) is 0.318. The van der Waals surface area contributed by atoms with Gasteiger partial charge >= 0.3 is 0 Å². The van der Waals surface area contributed by atoms with Crippen molar-refractivity contribution in [1.29, 1.82) is 0 Å². The van der Waals surface area contributed by atoms with Crippen molar-refractivity contribution in [3.05, 3.63) is 70.9 Å². The van der Waals surface area contributed by atoms with Gasteiger partial charge in [-0.15, -0.1) is 0 Å². The molecule has 3 aromatic rings. The third-order valence-electron chi connectivity index (χ3n) is 5.29. The zero-order valence-corrected chi connectivity index (χ0v) is 16.0. The molecule has 0 atom stereocenters. The van der Waals surface area contributed by atoms with E-state index in [0.717, 1.165) is 35.1 Å². The van der Waals surface area contributed by atoms with Gasteiger partial charge in [-0.05, 0) is 62.6 Å². The average Bonchev–Trinajstić information content (AvgIpc) is 3.18. The molecule has 1 aliphatic heterocycles. The van der Waals surface area contributed by atoms with E-state index < -0.39 is 0 Å². The molecule has 1 saturated heterocycles. The van der Waals surface area contributed by atoms with Crippen molar-refractivity contribution in [2.45, 2.75) is 32.6 Å². The number of benzene rings is 2. The zero-order chi connectivity index (χ0) is 19.7. The second kappa shape index (κ2) is 7.54. The number of likely N-dealkylation sites (tertiary alicyclic amines) is 1. The minimum atomic E-state index is -0.298. The number of aryl methyl sites for hydroxylation is 2. The van der Waals surface area contributed by atoms with Crippen LogP contribution < -0.4 is 0 Å². The number of amides is 1. The quantitative estimate of drug-likeness (QED) is 0.672. The van der Waals surface area contributed by atoms with Gasteiger partial charge in [-0.2, -0.15) is 4.98 Å². The SMILES string of the molecule is Cc1ccc(C(=O)N2CCC(c3nc(-c4ccc(F)cc4)no3)CC2)c(C)c1. The van der Waals surface area contributed by atoms with Gasteiger partial charge in [0.2, 0.25) is 11.7 Å². The van der Waals surface area contributed by atoms with Crippen LogP contribution in [0, 0.1) is 19.7 Å². The molecule has 1 amide bonds. The van der Waals surface area contributed by atoms with Gasteiger partial charge in [-0.3, -0.25) is 4.79 Å². The van der Waals surface area contributed by atoms with Crippen molar-refractivity contribution in [3.8, 4) is 11.4 Å². The highest BCUT2D eigenvalue weighted by molar-refractivity contribution is 5.95. The van der Waals surface area contributed by atoms with Gasteiger partial charge < -0.3 is 9.42 Å². The van der Waals surface area contributed by atoms with Crippen LogP contribution in [0.4, 0.5) is 4.39 Å². The second-order valence-electron chi connectivity index (χ2n) is 7.35. The molecule has 5 nitrogen and oxygen atoms in total. The maximum Gasteiger partial charge on any atom is 0.254 e. The van der Waals surface area contributed by atoms with Crippen LogP contribution in [-0.2, 0) is 0 Å². The number of hydrogen-bond acceptors (Lipinski definition) is 4. The smallest absolute Gasteiger partial charge is 0.254 e. The Labute approximate surface area is 163 Å². The summed E-state index contributed by atoms with van der Waals surface area (Å²) in [5, 5.41) is 4.02. The molecular formula is C22H22FN3O2. The Kier molecular flexibility index (Phi) is 4.94. The molecule has 144 valence electrons. The lowest BCUT2D eigenvalue weighted by Crippen LogP contribution is -2.38. The summed E-state index contributed by atoms with van der Waals surface area (Å²) in [5.41, 5.74) is 3.65. The van der Waals surface area contributed by atoms with Gasteiger partial charge in [-0.1, -0.05) is 22.9 Å². The topological polar surface area (TPSA) is 59.2 Å². The van der Waals surface area contributed by atoms with Crippen molar-refractivity contribution in [1.82, 2.24) is 15.0 Å². The van der Waals surface area contributed by atoms with Crippen LogP contribution in [-0.4, -0.2) is 34.0 Å². The van der Waals surface area contributed by atoms with Crippen LogP contribution in [0.3, 0.4) is 0 Å². The third-order valence-corrected chi connectivity index (χ3v) is 5.29. The number of nitrogens with zero attached hydrogens (tertiary/aromatic N) is 3. The van der Waals surface area contributed by atoms with Gasteiger partial charge in [0.1, 0.15) is 5.82 Å². The Hall–Kier alpha value is -3.02. The van der Waals surface area contributed by atoms with E-state index in [1.165, 1.54) is 12.1 Å². The Morgan fingerprint density at radius 3 is 2.50 bits per heavy atom. The molecule has 0 spiro atoms. The summed E-state index contributed by atoms with van der Waals surface area (Å²) in [5.74, 6) is 0.952. The highest BCUT2D eigenvalue weighted by atomic mass is 19.1. The normalized spacial score (nSPS) is 15.0. The first-order chi connectivity index (χ1) is 13.5. The van der Waals surface area contributed by atoms with E-state index in [1.807, 2.05) is 36.9 Å². The van der Waals surface area contributed by atoms with Gasteiger partial charge in [0, 0.05) is 30.1 Å². The summed E-state index contributed by atoms with van der Waals surface area (Å²) in [7, 11) is 0. The van der Waals surface area contributed by atoms with Gasteiger partial charge in [0.25, 0.3) is 5.91 Å². The first kappa shape index (κ1) is 18.3. The largest absolute Gasteiger partial charge is 0.339 e.